The number of hydrogen-bond acceptors (Lipinski definition) is 5. The Morgan fingerprint density at radius 1 is 0.966 bits per heavy atom. The quantitative estimate of drug-likeness (QED) is 0.490. The van der Waals surface area contributed by atoms with Crippen LogP contribution in [-0.2, 0) is 22.4 Å². The molecule has 152 valence electrons. The fourth-order valence-electron chi connectivity index (χ4n) is 3.41. The molecule has 0 amide bonds. The number of fused-ring (bicyclic) bond motifs is 1. The molecule has 1 aliphatic rings. The molecule has 0 saturated carbocycles. The summed E-state index contributed by atoms with van der Waals surface area (Å²) in [6.45, 7) is 1.34. The highest BCUT2D eigenvalue weighted by Crippen LogP contribution is 2.28. The van der Waals surface area contributed by atoms with Gasteiger partial charge in [0.1, 0.15) is 0 Å². The van der Waals surface area contributed by atoms with Crippen molar-refractivity contribution in [2.75, 3.05) is 20.3 Å². The van der Waals surface area contributed by atoms with Crippen LogP contribution in [0.3, 0.4) is 0 Å². The zero-order valence-electron chi connectivity index (χ0n) is 16.9. The molecule has 0 radical (unpaired) electrons. The van der Waals surface area contributed by atoms with Gasteiger partial charge in [0.05, 0.1) is 7.11 Å². The fourth-order valence-corrected chi connectivity index (χ4v) is 3.41. The van der Waals surface area contributed by atoms with Gasteiger partial charge in [-0.25, -0.2) is 4.79 Å². The molecule has 0 N–H and O–H groups in total. The number of carbonyl (C=O) groups excluding carboxylic acids is 2. The molecular weight excluding hydrogens is 368 g/mol. The predicted octanol–water partition coefficient (Wildman–Crippen LogP) is 4.41. The number of ether oxygens (including phenoxy) is 3. The molecule has 0 aliphatic heterocycles. The minimum Gasteiger partial charge on any atom is -0.493 e. The molecule has 0 saturated heterocycles. The van der Waals surface area contributed by atoms with Gasteiger partial charge in [0.25, 0.3) is 0 Å². The third-order valence-electron chi connectivity index (χ3n) is 4.93. The van der Waals surface area contributed by atoms with Crippen molar-refractivity contribution >= 4 is 17.8 Å². The SMILES string of the molecule is C/C=C/c1ccc(OCC(=O)OCC(=O)c2ccc3c(c2)CCCC3)c(OC)c1. The van der Waals surface area contributed by atoms with E-state index in [2.05, 4.69) is 0 Å². The lowest BCUT2D eigenvalue weighted by Gasteiger charge is -2.16. The summed E-state index contributed by atoms with van der Waals surface area (Å²) in [7, 11) is 1.54. The molecule has 0 atom stereocenters. The standard InChI is InChI=1S/C24H26O5/c1-3-6-17-9-12-22(23(13-17)27-2)28-16-24(26)29-15-21(25)20-11-10-18-7-4-5-8-19(18)14-20/h3,6,9-14H,4-5,7-8,15-16H2,1-2H3/b6-3+. The van der Waals surface area contributed by atoms with Gasteiger partial charge in [-0.05, 0) is 67.5 Å². The van der Waals surface area contributed by atoms with Gasteiger partial charge in [-0.1, -0.05) is 30.4 Å². The average molecular weight is 394 g/mol. The van der Waals surface area contributed by atoms with Crippen molar-refractivity contribution in [1.82, 2.24) is 0 Å². The Morgan fingerprint density at radius 3 is 2.52 bits per heavy atom. The smallest absolute Gasteiger partial charge is 0.344 e. The van der Waals surface area contributed by atoms with Crippen molar-refractivity contribution in [1.29, 1.82) is 0 Å². The number of Topliss-reactive ketones (excluding diaryl/α,β-unsaturated/α-hetero) is 1. The van der Waals surface area contributed by atoms with E-state index in [9.17, 15) is 9.59 Å². The Morgan fingerprint density at radius 2 is 1.76 bits per heavy atom. The fraction of sp³-hybridized carbons (Fsp3) is 0.333. The molecule has 29 heavy (non-hydrogen) atoms. The third kappa shape index (κ3) is 5.47. The van der Waals surface area contributed by atoms with E-state index in [1.165, 1.54) is 24.7 Å². The molecule has 0 aromatic heterocycles. The van der Waals surface area contributed by atoms with Gasteiger partial charge in [0.2, 0.25) is 0 Å². The summed E-state index contributed by atoms with van der Waals surface area (Å²) in [5.74, 6) is 0.160. The van der Waals surface area contributed by atoms with Crippen LogP contribution in [0, 0.1) is 0 Å². The van der Waals surface area contributed by atoms with Crippen LogP contribution in [0.25, 0.3) is 6.08 Å². The molecule has 0 unspecified atom stereocenters. The van der Waals surface area contributed by atoms with Crippen LogP contribution in [0.2, 0.25) is 0 Å². The maximum atomic E-state index is 12.4. The van der Waals surface area contributed by atoms with Crippen LogP contribution in [0.1, 0.15) is 46.8 Å². The third-order valence-corrected chi connectivity index (χ3v) is 4.93. The van der Waals surface area contributed by atoms with E-state index in [-0.39, 0.29) is 19.0 Å². The molecule has 2 aromatic rings. The van der Waals surface area contributed by atoms with Crippen molar-refractivity contribution in [3.63, 3.8) is 0 Å². The van der Waals surface area contributed by atoms with Crippen LogP contribution in [0.15, 0.2) is 42.5 Å². The molecule has 3 rings (SSSR count). The van der Waals surface area contributed by atoms with Crippen molar-refractivity contribution in [2.45, 2.75) is 32.6 Å². The second kappa shape index (κ2) is 9.92. The summed E-state index contributed by atoms with van der Waals surface area (Å²) in [4.78, 5) is 24.4. The lowest BCUT2D eigenvalue weighted by molar-refractivity contribution is -0.144. The molecule has 0 spiro atoms. The molecule has 5 nitrogen and oxygen atoms in total. The number of aryl methyl sites for hydroxylation is 2. The lowest BCUT2D eigenvalue weighted by Crippen LogP contribution is -2.20. The Bertz CT molecular complexity index is 913. The minimum atomic E-state index is -0.601. The summed E-state index contributed by atoms with van der Waals surface area (Å²) in [5, 5.41) is 0. The number of esters is 1. The molecule has 1 aliphatic carbocycles. The zero-order chi connectivity index (χ0) is 20.6. The van der Waals surface area contributed by atoms with E-state index in [4.69, 9.17) is 14.2 Å². The van der Waals surface area contributed by atoms with Gasteiger partial charge in [0.15, 0.2) is 30.5 Å². The van der Waals surface area contributed by atoms with Crippen LogP contribution < -0.4 is 9.47 Å². The normalized spacial score (nSPS) is 13.0. The number of benzene rings is 2. The second-order valence-electron chi connectivity index (χ2n) is 6.97. The van der Waals surface area contributed by atoms with Crippen LogP contribution in [0.5, 0.6) is 11.5 Å². The second-order valence-corrected chi connectivity index (χ2v) is 6.97. The van der Waals surface area contributed by atoms with Gasteiger partial charge in [-0.3, -0.25) is 4.79 Å². The number of allylic oxidation sites excluding steroid dienone is 1. The summed E-state index contributed by atoms with van der Waals surface area (Å²) in [5.41, 5.74) is 4.09. The first-order chi connectivity index (χ1) is 14.1. The summed E-state index contributed by atoms with van der Waals surface area (Å²) < 4.78 is 15.9. The Hall–Kier alpha value is -3.08. The predicted molar refractivity (Wildman–Crippen MR) is 112 cm³/mol. The summed E-state index contributed by atoms with van der Waals surface area (Å²) >= 11 is 0. The van der Waals surface area contributed by atoms with Gasteiger partial charge in [-0.15, -0.1) is 0 Å². The van der Waals surface area contributed by atoms with Crippen molar-refractivity contribution < 1.29 is 23.8 Å². The molecule has 0 bridgehead atoms. The van der Waals surface area contributed by atoms with Gasteiger partial charge < -0.3 is 14.2 Å². The van der Waals surface area contributed by atoms with E-state index in [0.717, 1.165) is 24.8 Å². The van der Waals surface area contributed by atoms with E-state index >= 15 is 0 Å². The van der Waals surface area contributed by atoms with E-state index in [1.807, 2.05) is 49.4 Å². The molecule has 5 heteroatoms. The first kappa shape index (κ1) is 20.6. The van der Waals surface area contributed by atoms with Crippen LogP contribution >= 0.6 is 0 Å². The molecular formula is C24H26O5. The molecule has 0 fully saturated rings. The van der Waals surface area contributed by atoms with Crippen LogP contribution in [0.4, 0.5) is 0 Å². The van der Waals surface area contributed by atoms with E-state index in [0.29, 0.717) is 17.1 Å². The number of rotatable bonds is 8. The van der Waals surface area contributed by atoms with Crippen LogP contribution in [-0.4, -0.2) is 32.1 Å². The highest BCUT2D eigenvalue weighted by atomic mass is 16.6. The Labute approximate surface area is 171 Å². The largest absolute Gasteiger partial charge is 0.493 e. The highest BCUT2D eigenvalue weighted by Gasteiger charge is 2.15. The zero-order valence-corrected chi connectivity index (χ0v) is 16.9. The summed E-state index contributed by atoms with van der Waals surface area (Å²) in [6.07, 6.45) is 8.27. The average Bonchev–Trinajstić information content (AvgIpc) is 2.76. The van der Waals surface area contributed by atoms with E-state index in [1.54, 1.807) is 6.07 Å². The maximum absolute atomic E-state index is 12.4. The Balaban J connectivity index is 1.52. The maximum Gasteiger partial charge on any atom is 0.344 e. The van der Waals surface area contributed by atoms with Gasteiger partial charge in [0, 0.05) is 5.56 Å². The number of carbonyl (C=O) groups is 2. The number of ketones is 1. The minimum absolute atomic E-state index is 0.208. The van der Waals surface area contributed by atoms with E-state index < -0.39 is 5.97 Å². The number of methoxy groups -OCH3 is 1. The Kier molecular flexibility index (Phi) is 7.06. The lowest BCUT2D eigenvalue weighted by atomic mass is 9.90. The first-order valence-corrected chi connectivity index (χ1v) is 9.85. The number of hydrogen-bond donors (Lipinski definition) is 0. The monoisotopic (exact) mass is 394 g/mol. The van der Waals surface area contributed by atoms with Gasteiger partial charge >= 0.3 is 5.97 Å². The molecule has 0 heterocycles. The summed E-state index contributed by atoms with van der Waals surface area (Å²) in [6, 6.07) is 11.2. The van der Waals surface area contributed by atoms with Crippen molar-refractivity contribution in [3.05, 3.63) is 64.7 Å². The van der Waals surface area contributed by atoms with Crippen molar-refractivity contribution in [3.8, 4) is 11.5 Å². The van der Waals surface area contributed by atoms with Gasteiger partial charge in [-0.2, -0.15) is 0 Å². The topological polar surface area (TPSA) is 61.8 Å². The molecule has 2 aromatic carbocycles. The first-order valence-electron chi connectivity index (χ1n) is 9.85. The van der Waals surface area contributed by atoms with Crippen molar-refractivity contribution in [2.24, 2.45) is 0 Å². The highest BCUT2D eigenvalue weighted by molar-refractivity contribution is 5.98.